The van der Waals surface area contributed by atoms with Crippen LogP contribution in [0.4, 0.5) is 0 Å². The van der Waals surface area contributed by atoms with Crippen molar-refractivity contribution in [3.05, 3.63) is 11.1 Å². The molecule has 2 atom stereocenters. The van der Waals surface area contributed by atoms with Crippen molar-refractivity contribution in [3.8, 4) is 0 Å². The molecule has 1 rings (SSSR count). The number of hydrogen-bond acceptors (Lipinski definition) is 5. The van der Waals surface area contributed by atoms with Crippen LogP contribution in [-0.4, -0.2) is 42.8 Å². The lowest BCUT2D eigenvalue weighted by Gasteiger charge is -2.24. The van der Waals surface area contributed by atoms with Gasteiger partial charge in [-0.2, -0.15) is 0 Å². The molecule has 0 aromatic rings. The summed E-state index contributed by atoms with van der Waals surface area (Å²) in [6.45, 7) is 2.95. The predicted molar refractivity (Wildman–Crippen MR) is 51.1 cm³/mol. The Morgan fingerprint density at radius 3 is 2.33 bits per heavy atom. The van der Waals surface area contributed by atoms with Gasteiger partial charge in [0.25, 0.3) is 0 Å². The molecule has 0 spiro atoms. The number of ether oxygens (including phenoxy) is 2. The van der Waals surface area contributed by atoms with E-state index in [0.29, 0.717) is 0 Å². The number of aliphatic hydroxyl groups is 1. The molecule has 0 amide bonds. The number of hydrogen-bond donors (Lipinski definition) is 1. The molecule has 0 radical (unpaired) electrons. The first-order valence-corrected chi connectivity index (χ1v) is 4.47. The quantitative estimate of drug-likeness (QED) is 0.510. The molecule has 5 nitrogen and oxygen atoms in total. The molecule has 0 bridgehead atoms. The van der Waals surface area contributed by atoms with Crippen molar-refractivity contribution < 1.29 is 24.2 Å². The summed E-state index contributed by atoms with van der Waals surface area (Å²) in [6.07, 6.45) is -1.04. The highest BCUT2D eigenvalue weighted by atomic mass is 16.5. The van der Waals surface area contributed by atoms with Crippen molar-refractivity contribution in [2.75, 3.05) is 14.2 Å². The molecule has 0 heterocycles. The summed E-state index contributed by atoms with van der Waals surface area (Å²) < 4.78 is 9.36. The maximum Gasteiger partial charge on any atom is 0.341 e. The summed E-state index contributed by atoms with van der Waals surface area (Å²) >= 11 is 0. The first-order chi connectivity index (χ1) is 6.87. The average Bonchev–Trinajstić information content (AvgIpc) is 2.33. The van der Waals surface area contributed by atoms with E-state index in [-0.39, 0.29) is 11.1 Å². The van der Waals surface area contributed by atoms with Gasteiger partial charge in [0.15, 0.2) is 6.10 Å². The fraction of sp³-hybridized carbons (Fsp3) is 0.600. The molecular formula is C10H14O5. The molecule has 0 saturated carbocycles. The average molecular weight is 214 g/mol. The Morgan fingerprint density at radius 2 is 2.00 bits per heavy atom. The van der Waals surface area contributed by atoms with Gasteiger partial charge < -0.3 is 14.6 Å². The lowest BCUT2D eigenvalue weighted by Crippen LogP contribution is -2.41. The Labute approximate surface area is 87.7 Å². The number of Topliss-reactive ketones (excluding diaryl/α,β-unsaturated/α-hetero) is 1. The Kier molecular flexibility index (Phi) is 2.97. The zero-order valence-electron chi connectivity index (χ0n) is 9.16. The smallest absolute Gasteiger partial charge is 0.341 e. The minimum absolute atomic E-state index is 0.116. The van der Waals surface area contributed by atoms with Crippen LogP contribution < -0.4 is 0 Å². The maximum atomic E-state index is 11.7. The summed E-state index contributed by atoms with van der Waals surface area (Å²) in [5.41, 5.74) is -1.28. The molecule has 5 heteroatoms. The zero-order valence-corrected chi connectivity index (χ0v) is 9.16. The Morgan fingerprint density at radius 1 is 1.47 bits per heavy atom. The second-order valence-electron chi connectivity index (χ2n) is 3.62. The van der Waals surface area contributed by atoms with Crippen molar-refractivity contribution >= 4 is 11.8 Å². The largest absolute Gasteiger partial charge is 0.465 e. The normalized spacial score (nSPS) is 31.0. The highest BCUT2D eigenvalue weighted by molar-refractivity contribution is 6.22. The molecule has 0 aromatic heterocycles. The Balaban J connectivity index is 3.22. The van der Waals surface area contributed by atoms with Gasteiger partial charge in [0.05, 0.1) is 7.11 Å². The number of esters is 1. The number of methoxy groups -OCH3 is 2. The molecule has 15 heavy (non-hydrogen) atoms. The number of rotatable bonds is 2. The van der Waals surface area contributed by atoms with Gasteiger partial charge in [-0.15, -0.1) is 0 Å². The zero-order chi connectivity index (χ0) is 11.8. The van der Waals surface area contributed by atoms with Crippen LogP contribution in [0, 0.1) is 0 Å². The van der Waals surface area contributed by atoms with E-state index in [1.54, 1.807) is 0 Å². The summed E-state index contributed by atoms with van der Waals surface area (Å²) in [5, 5.41) is 10.00. The summed E-state index contributed by atoms with van der Waals surface area (Å²) in [4.78, 5) is 23.0. The first kappa shape index (κ1) is 11.9. The van der Waals surface area contributed by atoms with E-state index in [4.69, 9.17) is 4.74 Å². The van der Waals surface area contributed by atoms with Crippen molar-refractivity contribution in [2.24, 2.45) is 0 Å². The van der Waals surface area contributed by atoms with E-state index in [2.05, 4.69) is 4.74 Å². The van der Waals surface area contributed by atoms with Gasteiger partial charge in [-0.1, -0.05) is 0 Å². The fourth-order valence-electron chi connectivity index (χ4n) is 1.71. The van der Waals surface area contributed by atoms with Crippen LogP contribution in [0.25, 0.3) is 0 Å². The van der Waals surface area contributed by atoms with Crippen LogP contribution in [0.5, 0.6) is 0 Å². The van der Waals surface area contributed by atoms with Gasteiger partial charge in [-0.3, -0.25) is 4.79 Å². The molecule has 1 N–H and O–H groups in total. The van der Waals surface area contributed by atoms with Crippen molar-refractivity contribution in [3.63, 3.8) is 0 Å². The number of carbonyl (C=O) groups excluding carboxylic acids is 2. The van der Waals surface area contributed by atoms with Crippen LogP contribution >= 0.6 is 0 Å². The molecule has 0 aromatic carbocycles. The van der Waals surface area contributed by atoms with Crippen LogP contribution in [0.3, 0.4) is 0 Å². The van der Waals surface area contributed by atoms with Gasteiger partial charge in [0.1, 0.15) is 11.2 Å². The third-order valence-corrected chi connectivity index (χ3v) is 2.75. The topological polar surface area (TPSA) is 72.8 Å². The molecule has 84 valence electrons. The van der Waals surface area contributed by atoms with E-state index in [9.17, 15) is 14.7 Å². The molecule has 1 aliphatic carbocycles. The summed E-state index contributed by atoms with van der Waals surface area (Å²) in [7, 11) is 2.50. The van der Waals surface area contributed by atoms with Crippen LogP contribution in [0.2, 0.25) is 0 Å². The van der Waals surface area contributed by atoms with Crippen LogP contribution in [0.1, 0.15) is 13.8 Å². The monoisotopic (exact) mass is 214 g/mol. The van der Waals surface area contributed by atoms with Crippen LogP contribution in [0.15, 0.2) is 11.1 Å². The van der Waals surface area contributed by atoms with E-state index in [0.717, 1.165) is 0 Å². The summed E-state index contributed by atoms with van der Waals surface area (Å²) in [5.74, 6) is -1.27. The minimum atomic E-state index is -1.45. The second-order valence-corrected chi connectivity index (χ2v) is 3.62. The Hall–Kier alpha value is -1.20. The molecule has 0 fully saturated rings. The van der Waals surface area contributed by atoms with Crippen molar-refractivity contribution in [1.82, 2.24) is 0 Å². The maximum absolute atomic E-state index is 11.7. The number of ketones is 1. The van der Waals surface area contributed by atoms with E-state index in [1.807, 2.05) is 0 Å². The predicted octanol–water partition coefficient (Wildman–Crippen LogP) is -0.175. The molecule has 0 unspecified atom stereocenters. The summed E-state index contributed by atoms with van der Waals surface area (Å²) in [6, 6.07) is 0. The molecule has 1 aliphatic rings. The van der Waals surface area contributed by atoms with Gasteiger partial charge in [-0.25, -0.2) is 4.79 Å². The SMILES string of the molecule is COC(=O)C1=C(C)[C@@](C)(O)[C@H](OC)C1=O. The number of carbonyl (C=O) groups is 2. The van der Waals surface area contributed by atoms with Gasteiger partial charge in [-0.05, 0) is 19.4 Å². The fourth-order valence-corrected chi connectivity index (χ4v) is 1.71. The van der Waals surface area contributed by atoms with Crippen molar-refractivity contribution in [2.45, 2.75) is 25.6 Å². The van der Waals surface area contributed by atoms with E-state index < -0.39 is 23.5 Å². The van der Waals surface area contributed by atoms with E-state index >= 15 is 0 Å². The lowest BCUT2D eigenvalue weighted by molar-refractivity contribution is -0.140. The van der Waals surface area contributed by atoms with Crippen LogP contribution in [-0.2, 0) is 19.1 Å². The second kappa shape index (κ2) is 3.75. The third-order valence-electron chi connectivity index (χ3n) is 2.75. The highest BCUT2D eigenvalue weighted by Crippen LogP contribution is 2.35. The first-order valence-electron chi connectivity index (χ1n) is 4.47. The van der Waals surface area contributed by atoms with Crippen molar-refractivity contribution in [1.29, 1.82) is 0 Å². The Bertz CT molecular complexity index is 340. The minimum Gasteiger partial charge on any atom is -0.465 e. The highest BCUT2D eigenvalue weighted by Gasteiger charge is 2.50. The lowest BCUT2D eigenvalue weighted by atomic mass is 9.97. The standard InChI is InChI=1S/C10H14O5/c1-5-6(9(12)15-4)7(11)8(14-3)10(5,2)13/h8,13H,1-4H3/t8-,10-/m1/s1. The molecule has 0 saturated heterocycles. The third kappa shape index (κ3) is 1.57. The van der Waals surface area contributed by atoms with E-state index in [1.165, 1.54) is 28.1 Å². The molecular weight excluding hydrogens is 200 g/mol. The van der Waals surface area contributed by atoms with Gasteiger partial charge >= 0.3 is 5.97 Å². The van der Waals surface area contributed by atoms with Gasteiger partial charge in [0.2, 0.25) is 5.78 Å². The molecule has 0 aliphatic heterocycles. The van der Waals surface area contributed by atoms with Gasteiger partial charge in [0, 0.05) is 7.11 Å².